The van der Waals surface area contributed by atoms with E-state index in [1.165, 1.54) is 0 Å². The summed E-state index contributed by atoms with van der Waals surface area (Å²) in [6, 6.07) is 11.5. The average molecular weight is 288 g/mol. The van der Waals surface area contributed by atoms with Crippen molar-refractivity contribution in [2.24, 2.45) is 0 Å². The minimum atomic E-state index is 0.465. The van der Waals surface area contributed by atoms with Gasteiger partial charge < -0.3 is 10.2 Å². The summed E-state index contributed by atoms with van der Waals surface area (Å²) in [4.78, 5) is 0. The third-order valence-corrected chi connectivity index (χ3v) is 3.54. The lowest BCUT2D eigenvalue weighted by Gasteiger charge is -2.06. The minimum Gasteiger partial charge on any atom is -0.469 e. The zero-order valence-corrected chi connectivity index (χ0v) is 11.5. The van der Waals surface area contributed by atoms with Gasteiger partial charge in [-0.2, -0.15) is 5.10 Å². The second kappa shape index (κ2) is 5.43. The molecule has 0 aliphatic carbocycles. The van der Waals surface area contributed by atoms with Gasteiger partial charge in [-0.3, -0.25) is 5.10 Å². The normalized spacial score (nSPS) is 10.8. The lowest BCUT2D eigenvalue weighted by molar-refractivity contribution is 0.507. The highest BCUT2D eigenvalue weighted by atomic mass is 35.5. The predicted octanol–water partition coefficient (Wildman–Crippen LogP) is 3.69. The SMILES string of the molecule is Nc1n[nH]c(CCc2ccco2)c1-c1ccccc1Cl. The quantitative estimate of drug-likeness (QED) is 0.769. The number of aromatic amines is 1. The molecule has 0 radical (unpaired) electrons. The van der Waals surface area contributed by atoms with Crippen LogP contribution >= 0.6 is 11.6 Å². The number of rotatable bonds is 4. The van der Waals surface area contributed by atoms with Gasteiger partial charge in [-0.1, -0.05) is 29.8 Å². The lowest BCUT2D eigenvalue weighted by Crippen LogP contribution is -1.94. The van der Waals surface area contributed by atoms with Gasteiger partial charge in [-0.15, -0.1) is 0 Å². The Hall–Kier alpha value is -2.20. The average Bonchev–Trinajstić information content (AvgIpc) is 3.07. The van der Waals surface area contributed by atoms with E-state index in [1.807, 2.05) is 36.4 Å². The Kier molecular flexibility index (Phi) is 3.48. The van der Waals surface area contributed by atoms with E-state index < -0.39 is 0 Å². The molecule has 0 fully saturated rings. The van der Waals surface area contributed by atoms with E-state index in [4.69, 9.17) is 21.8 Å². The summed E-state index contributed by atoms with van der Waals surface area (Å²) in [7, 11) is 0. The van der Waals surface area contributed by atoms with E-state index in [1.54, 1.807) is 6.26 Å². The highest BCUT2D eigenvalue weighted by Gasteiger charge is 2.15. The maximum absolute atomic E-state index is 6.24. The van der Waals surface area contributed by atoms with Crippen molar-refractivity contribution < 1.29 is 4.42 Å². The molecule has 102 valence electrons. The molecule has 0 unspecified atom stereocenters. The molecular formula is C15H14ClN3O. The molecule has 5 heteroatoms. The zero-order chi connectivity index (χ0) is 13.9. The van der Waals surface area contributed by atoms with Gasteiger partial charge in [0.2, 0.25) is 0 Å². The van der Waals surface area contributed by atoms with Crippen LogP contribution in [-0.4, -0.2) is 10.2 Å². The molecule has 3 N–H and O–H groups in total. The first-order chi connectivity index (χ1) is 9.75. The first-order valence-corrected chi connectivity index (χ1v) is 6.73. The summed E-state index contributed by atoms with van der Waals surface area (Å²) in [6.45, 7) is 0. The topological polar surface area (TPSA) is 67.8 Å². The third-order valence-electron chi connectivity index (χ3n) is 3.21. The largest absolute Gasteiger partial charge is 0.469 e. The molecule has 1 aromatic carbocycles. The number of anilines is 1. The molecule has 0 aliphatic heterocycles. The molecule has 0 aliphatic rings. The van der Waals surface area contributed by atoms with Gasteiger partial charge in [-0.25, -0.2) is 0 Å². The number of aryl methyl sites for hydroxylation is 2. The van der Waals surface area contributed by atoms with Gasteiger partial charge >= 0.3 is 0 Å². The van der Waals surface area contributed by atoms with E-state index in [9.17, 15) is 0 Å². The van der Waals surface area contributed by atoms with Gasteiger partial charge in [-0.05, 0) is 24.6 Å². The number of hydrogen-bond acceptors (Lipinski definition) is 3. The van der Waals surface area contributed by atoms with Crippen LogP contribution in [0.1, 0.15) is 11.5 Å². The van der Waals surface area contributed by atoms with E-state index in [0.29, 0.717) is 10.8 Å². The van der Waals surface area contributed by atoms with Crippen molar-refractivity contribution in [1.29, 1.82) is 0 Å². The summed E-state index contributed by atoms with van der Waals surface area (Å²) in [5.41, 5.74) is 8.71. The van der Waals surface area contributed by atoms with Crippen LogP contribution in [0.25, 0.3) is 11.1 Å². The molecule has 2 heterocycles. The van der Waals surface area contributed by atoms with Crippen molar-refractivity contribution in [3.63, 3.8) is 0 Å². The summed E-state index contributed by atoms with van der Waals surface area (Å²) in [5.74, 6) is 1.40. The van der Waals surface area contributed by atoms with Crippen LogP contribution in [-0.2, 0) is 12.8 Å². The second-order valence-corrected chi connectivity index (χ2v) is 4.93. The molecule has 0 bridgehead atoms. The first-order valence-electron chi connectivity index (χ1n) is 6.35. The highest BCUT2D eigenvalue weighted by molar-refractivity contribution is 6.33. The monoisotopic (exact) mass is 287 g/mol. The van der Waals surface area contributed by atoms with Crippen LogP contribution in [0.3, 0.4) is 0 Å². The van der Waals surface area contributed by atoms with Crippen LogP contribution < -0.4 is 5.73 Å². The van der Waals surface area contributed by atoms with Gasteiger partial charge in [0.1, 0.15) is 5.76 Å². The van der Waals surface area contributed by atoms with Crippen molar-refractivity contribution in [2.75, 3.05) is 5.73 Å². The Morgan fingerprint density at radius 2 is 2.00 bits per heavy atom. The summed E-state index contributed by atoms with van der Waals surface area (Å²) >= 11 is 6.24. The molecule has 3 aromatic rings. The van der Waals surface area contributed by atoms with E-state index >= 15 is 0 Å². The van der Waals surface area contributed by atoms with Crippen molar-refractivity contribution in [2.45, 2.75) is 12.8 Å². The molecule has 0 amide bonds. The number of hydrogen-bond donors (Lipinski definition) is 2. The number of furan rings is 1. The Morgan fingerprint density at radius 3 is 2.75 bits per heavy atom. The maximum Gasteiger partial charge on any atom is 0.153 e. The number of nitrogen functional groups attached to an aromatic ring is 1. The van der Waals surface area contributed by atoms with Gasteiger partial charge in [0.05, 0.1) is 6.26 Å². The van der Waals surface area contributed by atoms with Crippen LogP contribution in [0.2, 0.25) is 5.02 Å². The molecule has 0 spiro atoms. The van der Waals surface area contributed by atoms with Gasteiger partial charge in [0.15, 0.2) is 5.82 Å². The smallest absolute Gasteiger partial charge is 0.153 e. The number of nitrogens with one attached hydrogen (secondary N) is 1. The molecule has 2 aromatic heterocycles. The Labute approximate surface area is 121 Å². The van der Waals surface area contributed by atoms with Gasteiger partial charge in [0, 0.05) is 28.3 Å². The van der Waals surface area contributed by atoms with Crippen molar-refractivity contribution in [3.05, 3.63) is 59.1 Å². The molecule has 3 rings (SSSR count). The molecule has 20 heavy (non-hydrogen) atoms. The summed E-state index contributed by atoms with van der Waals surface area (Å²) in [6.07, 6.45) is 3.22. The summed E-state index contributed by atoms with van der Waals surface area (Å²) in [5, 5.41) is 7.75. The molecule has 0 saturated carbocycles. The number of halogens is 1. The Bertz CT molecular complexity index is 704. The van der Waals surface area contributed by atoms with Crippen molar-refractivity contribution >= 4 is 17.4 Å². The second-order valence-electron chi connectivity index (χ2n) is 4.52. The lowest BCUT2D eigenvalue weighted by atomic mass is 10.0. The van der Waals surface area contributed by atoms with Crippen LogP contribution in [0.5, 0.6) is 0 Å². The number of H-pyrrole nitrogens is 1. The van der Waals surface area contributed by atoms with Crippen LogP contribution in [0.4, 0.5) is 5.82 Å². The predicted molar refractivity (Wildman–Crippen MR) is 79.6 cm³/mol. The number of nitrogens with zero attached hydrogens (tertiary/aromatic N) is 1. The molecule has 4 nitrogen and oxygen atoms in total. The van der Waals surface area contributed by atoms with E-state index in [-0.39, 0.29) is 0 Å². The van der Waals surface area contributed by atoms with Gasteiger partial charge in [0.25, 0.3) is 0 Å². The number of aromatic nitrogens is 2. The Balaban J connectivity index is 1.92. The fourth-order valence-electron chi connectivity index (χ4n) is 2.24. The fourth-order valence-corrected chi connectivity index (χ4v) is 2.47. The van der Waals surface area contributed by atoms with Crippen LogP contribution in [0.15, 0.2) is 47.1 Å². The number of nitrogens with two attached hydrogens (primary N) is 1. The maximum atomic E-state index is 6.24. The first kappa shape index (κ1) is 12.8. The Morgan fingerprint density at radius 1 is 1.15 bits per heavy atom. The fraction of sp³-hybridized carbons (Fsp3) is 0.133. The molecule has 0 atom stereocenters. The van der Waals surface area contributed by atoms with E-state index in [0.717, 1.165) is 35.4 Å². The number of benzene rings is 1. The van der Waals surface area contributed by atoms with Crippen molar-refractivity contribution in [1.82, 2.24) is 10.2 Å². The summed E-state index contributed by atoms with van der Waals surface area (Å²) < 4.78 is 5.34. The molecular weight excluding hydrogens is 274 g/mol. The zero-order valence-electron chi connectivity index (χ0n) is 10.8. The molecule has 0 saturated heterocycles. The van der Waals surface area contributed by atoms with Crippen molar-refractivity contribution in [3.8, 4) is 11.1 Å². The minimum absolute atomic E-state index is 0.465. The third kappa shape index (κ3) is 2.42. The van der Waals surface area contributed by atoms with E-state index in [2.05, 4.69) is 10.2 Å². The van der Waals surface area contributed by atoms with Crippen LogP contribution in [0, 0.1) is 0 Å². The highest BCUT2D eigenvalue weighted by Crippen LogP contribution is 2.33. The standard InChI is InChI=1S/C15H14ClN3O/c16-12-6-2-1-5-11(12)14-13(18-19-15(14)17)8-7-10-4-3-9-20-10/h1-6,9H,7-8H2,(H3,17,18,19).